The average molecular weight is 184 g/mol. The third kappa shape index (κ3) is 1.59. The number of hydrogen-bond acceptors (Lipinski definition) is 4. The average Bonchev–Trinajstić information content (AvgIpc) is 2.67. The molecular formula is C8H12N2OS. The summed E-state index contributed by atoms with van der Waals surface area (Å²) < 4.78 is 0. The second-order valence-corrected chi connectivity index (χ2v) is 4.44. The quantitative estimate of drug-likeness (QED) is 0.743. The smallest absolute Gasteiger partial charge is 0.183 e. The van der Waals surface area contributed by atoms with Crippen molar-refractivity contribution >= 4 is 16.5 Å². The predicted octanol–water partition coefficient (Wildman–Crippen LogP) is 1.24. The lowest BCUT2D eigenvalue weighted by Crippen LogP contribution is -2.05. The van der Waals surface area contributed by atoms with Crippen LogP contribution in [0.15, 0.2) is 6.20 Å². The molecular weight excluding hydrogens is 172 g/mol. The van der Waals surface area contributed by atoms with E-state index in [1.807, 2.05) is 13.1 Å². The van der Waals surface area contributed by atoms with E-state index in [2.05, 4.69) is 10.3 Å². The number of aromatic nitrogens is 1. The Bertz CT molecular complexity index is 274. The molecule has 2 atom stereocenters. The maximum absolute atomic E-state index is 8.80. The molecule has 1 aromatic rings. The van der Waals surface area contributed by atoms with E-state index in [0.717, 1.165) is 11.6 Å². The molecule has 2 N–H and O–H groups in total. The summed E-state index contributed by atoms with van der Waals surface area (Å²) in [6.45, 7) is 2.33. The molecule has 0 saturated heterocycles. The highest BCUT2D eigenvalue weighted by atomic mass is 32.1. The number of aliphatic hydroxyl groups excluding tert-OH is 1. The van der Waals surface area contributed by atoms with Gasteiger partial charge in [0.15, 0.2) is 5.13 Å². The minimum absolute atomic E-state index is 0.294. The van der Waals surface area contributed by atoms with E-state index < -0.39 is 0 Å². The van der Waals surface area contributed by atoms with E-state index in [1.165, 1.54) is 4.88 Å². The van der Waals surface area contributed by atoms with E-state index in [1.54, 1.807) is 11.3 Å². The van der Waals surface area contributed by atoms with Crippen molar-refractivity contribution in [2.24, 2.45) is 5.92 Å². The highest BCUT2D eigenvalue weighted by Gasteiger charge is 2.36. The Hall–Kier alpha value is -0.610. The summed E-state index contributed by atoms with van der Waals surface area (Å²) in [6, 6.07) is 0.459. The monoisotopic (exact) mass is 184 g/mol. The second kappa shape index (κ2) is 3.03. The fourth-order valence-corrected chi connectivity index (χ4v) is 1.93. The first-order chi connectivity index (χ1) is 5.79. The lowest BCUT2D eigenvalue weighted by Gasteiger charge is -1.98. The molecule has 1 saturated carbocycles. The number of aliphatic hydroxyl groups is 1. The fraction of sp³-hybridized carbons (Fsp3) is 0.625. The van der Waals surface area contributed by atoms with Crippen LogP contribution < -0.4 is 5.32 Å². The number of thiazole rings is 1. The molecule has 4 heteroatoms. The molecule has 3 nitrogen and oxygen atoms in total. The van der Waals surface area contributed by atoms with Crippen LogP contribution in [0.3, 0.4) is 0 Å². The number of nitrogens with zero attached hydrogens (tertiary/aromatic N) is 1. The van der Waals surface area contributed by atoms with Crippen LogP contribution in [-0.4, -0.2) is 22.7 Å². The highest BCUT2D eigenvalue weighted by Crippen LogP contribution is 2.33. The number of rotatable bonds is 3. The molecule has 0 amide bonds. The topological polar surface area (TPSA) is 45.2 Å². The number of anilines is 1. The van der Waals surface area contributed by atoms with Crippen molar-refractivity contribution in [2.75, 3.05) is 11.9 Å². The van der Waals surface area contributed by atoms with Crippen molar-refractivity contribution in [1.82, 2.24) is 4.98 Å². The minimum atomic E-state index is 0.294. The van der Waals surface area contributed by atoms with Crippen molar-refractivity contribution in [1.29, 1.82) is 0 Å². The molecule has 12 heavy (non-hydrogen) atoms. The highest BCUT2D eigenvalue weighted by molar-refractivity contribution is 7.15. The Morgan fingerprint density at radius 3 is 3.17 bits per heavy atom. The maximum atomic E-state index is 8.80. The zero-order chi connectivity index (χ0) is 8.55. The summed E-state index contributed by atoms with van der Waals surface area (Å²) >= 11 is 1.66. The number of aryl methyl sites for hydroxylation is 1. The summed E-state index contributed by atoms with van der Waals surface area (Å²) in [4.78, 5) is 5.41. The van der Waals surface area contributed by atoms with E-state index in [0.29, 0.717) is 18.6 Å². The van der Waals surface area contributed by atoms with Crippen LogP contribution in [0, 0.1) is 12.8 Å². The van der Waals surface area contributed by atoms with Gasteiger partial charge in [0.2, 0.25) is 0 Å². The number of nitrogens with one attached hydrogen (secondary N) is 1. The molecule has 0 aliphatic heterocycles. The van der Waals surface area contributed by atoms with Gasteiger partial charge in [-0.2, -0.15) is 0 Å². The predicted molar refractivity (Wildman–Crippen MR) is 49.5 cm³/mol. The minimum Gasteiger partial charge on any atom is -0.396 e. The van der Waals surface area contributed by atoms with Crippen LogP contribution in [0.4, 0.5) is 5.13 Å². The Morgan fingerprint density at radius 1 is 1.83 bits per heavy atom. The van der Waals surface area contributed by atoms with Crippen molar-refractivity contribution in [3.8, 4) is 0 Å². The van der Waals surface area contributed by atoms with Gasteiger partial charge in [0.05, 0.1) is 0 Å². The molecule has 0 spiro atoms. The summed E-state index contributed by atoms with van der Waals surface area (Å²) in [7, 11) is 0. The van der Waals surface area contributed by atoms with Gasteiger partial charge in [0, 0.05) is 29.6 Å². The Kier molecular flexibility index (Phi) is 2.02. The lowest BCUT2D eigenvalue weighted by molar-refractivity contribution is 0.275. The standard InChI is InChI=1S/C8H12N2OS/c1-5-3-9-8(12-5)10-7-2-6(7)4-11/h3,6-7,11H,2,4H2,1H3,(H,9,10). The molecule has 1 aromatic heterocycles. The van der Waals surface area contributed by atoms with Gasteiger partial charge in [-0.25, -0.2) is 4.98 Å². The Labute approximate surface area is 75.5 Å². The molecule has 1 fully saturated rings. The van der Waals surface area contributed by atoms with Gasteiger partial charge < -0.3 is 10.4 Å². The van der Waals surface area contributed by atoms with Crippen LogP contribution in [0.2, 0.25) is 0 Å². The first-order valence-electron chi connectivity index (χ1n) is 4.09. The molecule has 1 aliphatic rings. The van der Waals surface area contributed by atoms with Gasteiger partial charge >= 0.3 is 0 Å². The van der Waals surface area contributed by atoms with Gasteiger partial charge in [-0.3, -0.25) is 0 Å². The van der Waals surface area contributed by atoms with E-state index in [9.17, 15) is 0 Å². The molecule has 2 rings (SSSR count). The van der Waals surface area contributed by atoms with Crippen LogP contribution in [0.5, 0.6) is 0 Å². The zero-order valence-electron chi connectivity index (χ0n) is 6.95. The first kappa shape index (κ1) is 8.01. The maximum Gasteiger partial charge on any atom is 0.183 e. The third-order valence-electron chi connectivity index (χ3n) is 2.09. The second-order valence-electron chi connectivity index (χ2n) is 3.21. The molecule has 0 aromatic carbocycles. The fourth-order valence-electron chi connectivity index (χ4n) is 1.21. The summed E-state index contributed by atoms with van der Waals surface area (Å²) in [5.74, 6) is 0.453. The van der Waals surface area contributed by atoms with Crippen LogP contribution in [-0.2, 0) is 0 Å². The summed E-state index contributed by atoms with van der Waals surface area (Å²) in [5, 5.41) is 13.1. The molecule has 0 radical (unpaired) electrons. The van der Waals surface area contributed by atoms with Gasteiger partial charge in [0.1, 0.15) is 0 Å². The third-order valence-corrected chi connectivity index (χ3v) is 2.93. The molecule has 2 unspecified atom stereocenters. The molecule has 66 valence electrons. The van der Waals surface area contributed by atoms with E-state index in [4.69, 9.17) is 5.11 Å². The molecule has 1 aliphatic carbocycles. The van der Waals surface area contributed by atoms with Crippen LogP contribution in [0.25, 0.3) is 0 Å². The van der Waals surface area contributed by atoms with Crippen molar-refractivity contribution in [3.63, 3.8) is 0 Å². The van der Waals surface area contributed by atoms with Gasteiger partial charge in [-0.05, 0) is 13.3 Å². The van der Waals surface area contributed by atoms with Crippen LogP contribution >= 0.6 is 11.3 Å². The number of hydrogen-bond donors (Lipinski definition) is 2. The van der Waals surface area contributed by atoms with E-state index >= 15 is 0 Å². The van der Waals surface area contributed by atoms with Crippen molar-refractivity contribution in [3.05, 3.63) is 11.1 Å². The normalized spacial score (nSPS) is 27.2. The lowest BCUT2D eigenvalue weighted by atomic mass is 10.4. The molecule has 1 heterocycles. The molecule has 0 bridgehead atoms. The van der Waals surface area contributed by atoms with E-state index in [-0.39, 0.29) is 0 Å². The van der Waals surface area contributed by atoms with Crippen LogP contribution in [0.1, 0.15) is 11.3 Å². The largest absolute Gasteiger partial charge is 0.396 e. The summed E-state index contributed by atoms with van der Waals surface area (Å²) in [6.07, 6.45) is 2.94. The van der Waals surface area contributed by atoms with Gasteiger partial charge in [-0.15, -0.1) is 11.3 Å². The van der Waals surface area contributed by atoms with Crippen molar-refractivity contribution in [2.45, 2.75) is 19.4 Å². The Morgan fingerprint density at radius 2 is 2.67 bits per heavy atom. The zero-order valence-corrected chi connectivity index (χ0v) is 7.77. The SMILES string of the molecule is Cc1cnc(NC2CC2CO)s1. The van der Waals surface area contributed by atoms with Gasteiger partial charge in [-0.1, -0.05) is 0 Å². The Balaban J connectivity index is 1.89. The first-order valence-corrected chi connectivity index (χ1v) is 4.91. The van der Waals surface area contributed by atoms with Gasteiger partial charge in [0.25, 0.3) is 0 Å². The van der Waals surface area contributed by atoms with Crippen molar-refractivity contribution < 1.29 is 5.11 Å². The summed E-state index contributed by atoms with van der Waals surface area (Å²) in [5.41, 5.74) is 0.